The fraction of sp³-hybridized carbons (Fsp3) is 0.385. The Labute approximate surface area is 115 Å². The number of hydrogen-bond donors (Lipinski definition) is 2. The van der Waals surface area contributed by atoms with Crippen molar-refractivity contribution in [1.82, 2.24) is 0 Å². The predicted octanol–water partition coefficient (Wildman–Crippen LogP) is 0.504. The van der Waals surface area contributed by atoms with Crippen LogP contribution in [0.1, 0.15) is 0 Å². The molecule has 1 aromatic carbocycles. The number of nitrogens with one attached hydrogen (secondary N) is 1. The summed E-state index contributed by atoms with van der Waals surface area (Å²) in [6, 6.07) is 6.60. The van der Waals surface area contributed by atoms with E-state index in [0.29, 0.717) is 24.7 Å². The second kappa shape index (κ2) is 6.88. The monoisotopic (exact) mass is 281 g/mol. The smallest absolute Gasteiger partial charge is 0.341 e. The number of hydrogen-bond acceptors (Lipinski definition) is 5. The fourth-order valence-corrected chi connectivity index (χ4v) is 1.69. The van der Waals surface area contributed by atoms with Crippen LogP contribution < -0.4 is 10.1 Å². The zero-order valence-corrected chi connectivity index (χ0v) is 10.7. The first-order chi connectivity index (χ1) is 9.66. The van der Waals surface area contributed by atoms with Gasteiger partial charge in [-0.1, -0.05) is 12.1 Å². The Morgan fingerprint density at radius 3 is 2.85 bits per heavy atom. The van der Waals surface area contributed by atoms with Crippen molar-refractivity contribution in [1.29, 1.82) is 0 Å². The van der Waals surface area contributed by atoms with Gasteiger partial charge in [0.25, 0.3) is 5.91 Å². The van der Waals surface area contributed by atoms with E-state index in [1.807, 2.05) is 0 Å². The first-order valence-corrected chi connectivity index (χ1v) is 6.10. The third-order valence-electron chi connectivity index (χ3n) is 2.60. The Balaban J connectivity index is 2.00. The molecule has 7 heteroatoms. The molecule has 2 rings (SSSR count). The Morgan fingerprint density at radius 1 is 1.35 bits per heavy atom. The summed E-state index contributed by atoms with van der Waals surface area (Å²) in [5.74, 6) is -1.15. The lowest BCUT2D eigenvalue weighted by atomic mass is 10.2. The van der Waals surface area contributed by atoms with E-state index in [1.165, 1.54) is 0 Å². The average Bonchev–Trinajstić information content (AvgIpc) is 2.47. The van der Waals surface area contributed by atoms with Crippen molar-refractivity contribution < 1.29 is 28.9 Å². The van der Waals surface area contributed by atoms with Crippen LogP contribution in [-0.4, -0.2) is 49.5 Å². The van der Waals surface area contributed by atoms with Crippen LogP contribution in [0.4, 0.5) is 5.69 Å². The van der Waals surface area contributed by atoms with Crippen molar-refractivity contribution >= 4 is 17.6 Å². The van der Waals surface area contributed by atoms with Crippen molar-refractivity contribution in [3.05, 3.63) is 24.3 Å². The molecule has 7 nitrogen and oxygen atoms in total. The summed E-state index contributed by atoms with van der Waals surface area (Å²) >= 11 is 0. The molecule has 108 valence electrons. The Kier molecular flexibility index (Phi) is 4.91. The number of rotatable bonds is 5. The lowest BCUT2D eigenvalue weighted by Gasteiger charge is -2.22. The Morgan fingerprint density at radius 2 is 2.15 bits per heavy atom. The molecule has 1 amide bonds. The van der Waals surface area contributed by atoms with Crippen molar-refractivity contribution in [2.45, 2.75) is 6.10 Å². The van der Waals surface area contributed by atoms with Crippen molar-refractivity contribution in [2.75, 3.05) is 31.7 Å². The number of para-hydroxylation sites is 2. The van der Waals surface area contributed by atoms with Gasteiger partial charge in [-0.15, -0.1) is 0 Å². The van der Waals surface area contributed by atoms with E-state index in [4.69, 9.17) is 19.3 Å². The topological polar surface area (TPSA) is 94.1 Å². The van der Waals surface area contributed by atoms with E-state index in [2.05, 4.69) is 5.32 Å². The van der Waals surface area contributed by atoms with Gasteiger partial charge in [0.05, 0.1) is 25.5 Å². The van der Waals surface area contributed by atoms with Crippen LogP contribution >= 0.6 is 0 Å². The van der Waals surface area contributed by atoms with Gasteiger partial charge in [0, 0.05) is 0 Å². The zero-order valence-electron chi connectivity index (χ0n) is 10.7. The molecule has 0 spiro atoms. The summed E-state index contributed by atoms with van der Waals surface area (Å²) in [6.45, 7) is 0.567. The molecule has 0 bridgehead atoms. The van der Waals surface area contributed by atoms with Crippen LogP contribution in [0, 0.1) is 0 Å². The van der Waals surface area contributed by atoms with Crippen molar-refractivity contribution in [2.24, 2.45) is 0 Å². The highest BCUT2D eigenvalue weighted by molar-refractivity contribution is 5.95. The predicted molar refractivity (Wildman–Crippen MR) is 68.8 cm³/mol. The minimum absolute atomic E-state index is 0.198. The molecule has 1 aliphatic heterocycles. The summed E-state index contributed by atoms with van der Waals surface area (Å²) in [7, 11) is 0. The molecule has 1 saturated heterocycles. The minimum Gasteiger partial charge on any atom is -0.480 e. The lowest BCUT2D eigenvalue weighted by Crippen LogP contribution is -2.39. The maximum Gasteiger partial charge on any atom is 0.341 e. The number of carbonyl (C=O) groups excluding carboxylic acids is 1. The maximum atomic E-state index is 12.0. The second-order valence-electron chi connectivity index (χ2n) is 4.10. The third-order valence-corrected chi connectivity index (χ3v) is 2.60. The molecule has 1 aliphatic rings. The number of carboxylic acids is 1. The summed E-state index contributed by atoms with van der Waals surface area (Å²) in [5, 5.41) is 11.2. The molecule has 0 aliphatic carbocycles. The SMILES string of the molecule is O=C(O)COc1ccccc1NC(=O)C1COCCO1. The first kappa shape index (κ1) is 14.3. The Hall–Kier alpha value is -2.12. The van der Waals surface area contributed by atoms with Crippen LogP contribution in [0.15, 0.2) is 24.3 Å². The molecule has 2 N–H and O–H groups in total. The van der Waals surface area contributed by atoms with Crippen molar-refractivity contribution in [3.63, 3.8) is 0 Å². The van der Waals surface area contributed by atoms with Gasteiger partial charge in [-0.2, -0.15) is 0 Å². The van der Waals surface area contributed by atoms with Gasteiger partial charge in [-0.25, -0.2) is 4.79 Å². The molecule has 1 heterocycles. The van der Waals surface area contributed by atoms with E-state index in [9.17, 15) is 9.59 Å². The molecule has 1 fully saturated rings. The lowest BCUT2D eigenvalue weighted by molar-refractivity contribution is -0.142. The van der Waals surface area contributed by atoms with Crippen LogP contribution in [-0.2, 0) is 19.1 Å². The highest BCUT2D eigenvalue weighted by atomic mass is 16.6. The van der Waals surface area contributed by atoms with Gasteiger partial charge in [0.15, 0.2) is 12.7 Å². The highest BCUT2D eigenvalue weighted by Crippen LogP contribution is 2.24. The van der Waals surface area contributed by atoms with Gasteiger partial charge in [0.2, 0.25) is 0 Å². The minimum atomic E-state index is -1.09. The number of carboxylic acid groups (broad SMARTS) is 1. The van der Waals surface area contributed by atoms with Crippen LogP contribution in [0.2, 0.25) is 0 Å². The van der Waals surface area contributed by atoms with E-state index in [1.54, 1.807) is 24.3 Å². The summed E-state index contributed by atoms with van der Waals surface area (Å²) in [5.41, 5.74) is 0.396. The number of aliphatic carboxylic acids is 1. The normalized spacial score (nSPS) is 18.3. The van der Waals surface area contributed by atoms with Gasteiger partial charge in [0.1, 0.15) is 5.75 Å². The summed E-state index contributed by atoms with van der Waals surface area (Å²) < 4.78 is 15.5. The highest BCUT2D eigenvalue weighted by Gasteiger charge is 2.23. The van der Waals surface area contributed by atoms with Gasteiger partial charge >= 0.3 is 5.97 Å². The van der Waals surface area contributed by atoms with Gasteiger partial charge in [-0.05, 0) is 12.1 Å². The molecular weight excluding hydrogens is 266 g/mol. The molecule has 20 heavy (non-hydrogen) atoms. The second-order valence-corrected chi connectivity index (χ2v) is 4.10. The maximum absolute atomic E-state index is 12.0. The van der Waals surface area contributed by atoms with E-state index < -0.39 is 18.7 Å². The largest absolute Gasteiger partial charge is 0.480 e. The van der Waals surface area contributed by atoms with E-state index in [0.717, 1.165) is 0 Å². The number of benzene rings is 1. The number of ether oxygens (including phenoxy) is 3. The van der Waals surface area contributed by atoms with Crippen LogP contribution in [0.5, 0.6) is 5.75 Å². The number of anilines is 1. The molecule has 1 atom stereocenters. The first-order valence-electron chi connectivity index (χ1n) is 6.10. The standard InChI is InChI=1S/C13H15NO6/c15-12(16)8-20-10-4-2-1-3-9(10)14-13(17)11-7-18-5-6-19-11/h1-4,11H,5-8H2,(H,14,17)(H,15,16). The molecule has 0 aromatic heterocycles. The van der Waals surface area contributed by atoms with Gasteiger partial charge < -0.3 is 24.6 Å². The summed E-state index contributed by atoms with van der Waals surface area (Å²) in [6.07, 6.45) is -0.670. The molecular formula is C13H15NO6. The Bertz CT molecular complexity index is 484. The van der Waals surface area contributed by atoms with E-state index >= 15 is 0 Å². The van der Waals surface area contributed by atoms with Crippen LogP contribution in [0.25, 0.3) is 0 Å². The molecule has 1 unspecified atom stereocenters. The molecule has 1 aromatic rings. The van der Waals surface area contributed by atoms with Crippen LogP contribution in [0.3, 0.4) is 0 Å². The molecule has 0 radical (unpaired) electrons. The quantitative estimate of drug-likeness (QED) is 0.816. The van der Waals surface area contributed by atoms with Crippen molar-refractivity contribution in [3.8, 4) is 5.75 Å². The molecule has 0 saturated carbocycles. The summed E-state index contributed by atoms with van der Waals surface area (Å²) in [4.78, 5) is 22.5. The average molecular weight is 281 g/mol. The zero-order chi connectivity index (χ0) is 14.4. The van der Waals surface area contributed by atoms with Gasteiger partial charge in [-0.3, -0.25) is 4.79 Å². The van der Waals surface area contributed by atoms with E-state index in [-0.39, 0.29) is 12.5 Å². The third kappa shape index (κ3) is 3.94. The number of carbonyl (C=O) groups is 2. The fourth-order valence-electron chi connectivity index (χ4n) is 1.69. The number of amides is 1.